The van der Waals surface area contributed by atoms with Crippen LogP contribution in [-0.4, -0.2) is 17.7 Å². The summed E-state index contributed by atoms with van der Waals surface area (Å²) in [6.45, 7) is 5.95. The molecule has 1 aromatic carbocycles. The number of nitrogens with one attached hydrogen (secondary N) is 1. The van der Waals surface area contributed by atoms with Gasteiger partial charge in [0.05, 0.1) is 0 Å². The van der Waals surface area contributed by atoms with Crippen LogP contribution in [0.2, 0.25) is 0 Å². The molecule has 0 aliphatic heterocycles. The van der Waals surface area contributed by atoms with Crippen molar-refractivity contribution >= 4 is 17.7 Å². The maximum absolute atomic E-state index is 11.9. The second-order valence-electron chi connectivity index (χ2n) is 4.84. The van der Waals surface area contributed by atoms with Crippen LogP contribution in [0, 0.1) is 0 Å². The highest BCUT2D eigenvalue weighted by atomic mass is 32.2. The average molecular weight is 237 g/mol. The summed E-state index contributed by atoms with van der Waals surface area (Å²) in [6.07, 6.45) is 2.06. The number of benzene rings is 1. The van der Waals surface area contributed by atoms with Crippen molar-refractivity contribution in [2.75, 3.05) is 6.26 Å². The molecule has 0 aliphatic rings. The molecule has 1 aromatic rings. The number of rotatable bonds is 3. The normalized spacial score (nSPS) is 11.2. The van der Waals surface area contributed by atoms with Gasteiger partial charge in [0.2, 0.25) is 0 Å². The first-order chi connectivity index (χ1) is 7.42. The zero-order valence-electron chi connectivity index (χ0n) is 10.3. The molecular weight excluding hydrogens is 218 g/mol. The lowest BCUT2D eigenvalue weighted by Gasteiger charge is -2.20. The minimum absolute atomic E-state index is 0.00421. The molecule has 0 spiro atoms. The van der Waals surface area contributed by atoms with Crippen molar-refractivity contribution < 1.29 is 4.79 Å². The van der Waals surface area contributed by atoms with E-state index in [2.05, 4.69) is 11.6 Å². The van der Waals surface area contributed by atoms with Gasteiger partial charge < -0.3 is 5.32 Å². The number of carbonyl (C=O) groups excluding carboxylic acids is 1. The van der Waals surface area contributed by atoms with E-state index in [1.54, 1.807) is 11.8 Å². The Kier molecular flexibility index (Phi) is 4.42. The summed E-state index contributed by atoms with van der Waals surface area (Å²) >= 11 is 1.76. The van der Waals surface area contributed by atoms with Crippen LogP contribution in [0.4, 0.5) is 0 Å². The van der Waals surface area contributed by atoms with Crippen LogP contribution in [0.15, 0.2) is 24.3 Å². The molecule has 0 radical (unpaired) electrons. The first-order valence-corrected chi connectivity index (χ1v) is 6.72. The van der Waals surface area contributed by atoms with E-state index in [0.29, 0.717) is 0 Å². The highest BCUT2D eigenvalue weighted by Crippen LogP contribution is 2.12. The quantitative estimate of drug-likeness (QED) is 0.875. The number of amides is 1. The molecule has 0 atom stereocenters. The lowest BCUT2D eigenvalue weighted by molar-refractivity contribution is 0.0919. The fourth-order valence-electron chi connectivity index (χ4n) is 1.38. The van der Waals surface area contributed by atoms with E-state index in [1.165, 1.54) is 5.56 Å². The fraction of sp³-hybridized carbons (Fsp3) is 0.462. The molecule has 0 saturated carbocycles. The Bertz CT molecular complexity index is 368. The second kappa shape index (κ2) is 5.39. The SMILES string of the molecule is CSCc1cccc(C(=O)NC(C)(C)C)c1. The maximum atomic E-state index is 11.9. The van der Waals surface area contributed by atoms with Crippen molar-refractivity contribution in [1.29, 1.82) is 0 Å². The van der Waals surface area contributed by atoms with E-state index in [0.717, 1.165) is 11.3 Å². The summed E-state index contributed by atoms with van der Waals surface area (Å²) in [7, 11) is 0. The van der Waals surface area contributed by atoms with Crippen LogP contribution in [0.1, 0.15) is 36.7 Å². The van der Waals surface area contributed by atoms with Gasteiger partial charge in [-0.1, -0.05) is 12.1 Å². The van der Waals surface area contributed by atoms with Gasteiger partial charge in [-0.15, -0.1) is 0 Å². The Morgan fingerprint density at radius 2 is 2.06 bits per heavy atom. The molecule has 1 N–H and O–H groups in total. The lowest BCUT2D eigenvalue weighted by Crippen LogP contribution is -2.40. The van der Waals surface area contributed by atoms with Crippen molar-refractivity contribution in [2.45, 2.75) is 32.1 Å². The first kappa shape index (κ1) is 13.1. The van der Waals surface area contributed by atoms with Crippen LogP contribution >= 0.6 is 11.8 Å². The largest absolute Gasteiger partial charge is 0.347 e. The van der Waals surface area contributed by atoms with Crippen molar-refractivity contribution in [2.24, 2.45) is 0 Å². The molecule has 0 aromatic heterocycles. The van der Waals surface area contributed by atoms with Crippen LogP contribution in [-0.2, 0) is 5.75 Å². The Morgan fingerprint density at radius 1 is 1.38 bits per heavy atom. The molecule has 0 fully saturated rings. The molecule has 2 nitrogen and oxygen atoms in total. The van der Waals surface area contributed by atoms with Gasteiger partial charge in [0.1, 0.15) is 0 Å². The highest BCUT2D eigenvalue weighted by Gasteiger charge is 2.15. The highest BCUT2D eigenvalue weighted by molar-refractivity contribution is 7.97. The molecule has 0 aliphatic carbocycles. The van der Waals surface area contributed by atoms with Gasteiger partial charge in [-0.2, -0.15) is 11.8 Å². The Labute approximate surface area is 102 Å². The first-order valence-electron chi connectivity index (χ1n) is 5.33. The third-order valence-electron chi connectivity index (χ3n) is 1.99. The predicted octanol–water partition coefficient (Wildman–Crippen LogP) is 3.08. The third kappa shape index (κ3) is 4.27. The zero-order chi connectivity index (χ0) is 12.2. The monoisotopic (exact) mass is 237 g/mol. The Balaban J connectivity index is 2.79. The Hall–Kier alpha value is -0.960. The summed E-state index contributed by atoms with van der Waals surface area (Å²) in [5.41, 5.74) is 1.74. The summed E-state index contributed by atoms with van der Waals surface area (Å²) in [5, 5.41) is 2.96. The number of carbonyl (C=O) groups is 1. The maximum Gasteiger partial charge on any atom is 0.251 e. The van der Waals surface area contributed by atoms with E-state index >= 15 is 0 Å². The van der Waals surface area contributed by atoms with Gasteiger partial charge in [-0.05, 0) is 44.7 Å². The van der Waals surface area contributed by atoms with Gasteiger partial charge >= 0.3 is 0 Å². The van der Waals surface area contributed by atoms with Gasteiger partial charge in [0, 0.05) is 16.9 Å². The van der Waals surface area contributed by atoms with Crippen molar-refractivity contribution in [3.63, 3.8) is 0 Å². The smallest absolute Gasteiger partial charge is 0.251 e. The van der Waals surface area contributed by atoms with Gasteiger partial charge in [-0.3, -0.25) is 4.79 Å². The van der Waals surface area contributed by atoms with E-state index in [9.17, 15) is 4.79 Å². The number of thioether (sulfide) groups is 1. The topological polar surface area (TPSA) is 29.1 Å². The standard InChI is InChI=1S/C13H19NOS/c1-13(2,3)14-12(15)11-7-5-6-10(8-11)9-16-4/h5-8H,9H2,1-4H3,(H,14,15). The Morgan fingerprint density at radius 3 is 2.62 bits per heavy atom. The minimum Gasteiger partial charge on any atom is -0.347 e. The van der Waals surface area contributed by atoms with Crippen LogP contribution in [0.5, 0.6) is 0 Å². The van der Waals surface area contributed by atoms with Crippen molar-refractivity contribution in [1.82, 2.24) is 5.32 Å². The van der Waals surface area contributed by atoms with E-state index in [1.807, 2.05) is 45.0 Å². The summed E-state index contributed by atoms with van der Waals surface area (Å²) in [6, 6.07) is 7.79. The van der Waals surface area contributed by atoms with Crippen molar-refractivity contribution in [3.05, 3.63) is 35.4 Å². The van der Waals surface area contributed by atoms with E-state index in [-0.39, 0.29) is 11.4 Å². The van der Waals surface area contributed by atoms with E-state index < -0.39 is 0 Å². The molecule has 88 valence electrons. The minimum atomic E-state index is -0.188. The molecule has 16 heavy (non-hydrogen) atoms. The molecule has 0 bridgehead atoms. The van der Waals surface area contributed by atoms with Gasteiger partial charge in [0.25, 0.3) is 5.91 Å². The molecular formula is C13H19NOS. The van der Waals surface area contributed by atoms with E-state index in [4.69, 9.17) is 0 Å². The molecule has 3 heteroatoms. The zero-order valence-corrected chi connectivity index (χ0v) is 11.1. The van der Waals surface area contributed by atoms with Crippen molar-refractivity contribution in [3.8, 4) is 0 Å². The molecule has 0 unspecified atom stereocenters. The third-order valence-corrected chi connectivity index (χ3v) is 2.61. The molecule has 1 rings (SSSR count). The van der Waals surface area contributed by atoms with Gasteiger partial charge in [0.15, 0.2) is 0 Å². The predicted molar refractivity (Wildman–Crippen MR) is 70.9 cm³/mol. The number of hydrogen-bond acceptors (Lipinski definition) is 2. The van der Waals surface area contributed by atoms with Crippen LogP contribution < -0.4 is 5.32 Å². The molecule has 0 heterocycles. The summed E-state index contributed by atoms with van der Waals surface area (Å²) < 4.78 is 0. The molecule has 0 saturated heterocycles. The van der Waals surface area contributed by atoms with Crippen LogP contribution in [0.3, 0.4) is 0 Å². The summed E-state index contributed by atoms with van der Waals surface area (Å²) in [4.78, 5) is 11.9. The second-order valence-corrected chi connectivity index (χ2v) is 5.70. The van der Waals surface area contributed by atoms with Crippen LogP contribution in [0.25, 0.3) is 0 Å². The fourth-order valence-corrected chi connectivity index (χ4v) is 1.89. The number of hydrogen-bond donors (Lipinski definition) is 1. The summed E-state index contributed by atoms with van der Waals surface area (Å²) in [5.74, 6) is 0.937. The van der Waals surface area contributed by atoms with Gasteiger partial charge in [-0.25, -0.2) is 0 Å². The lowest BCUT2D eigenvalue weighted by atomic mass is 10.1. The molecule has 1 amide bonds. The average Bonchev–Trinajstić information content (AvgIpc) is 2.16.